The number of hydrogen-bond acceptors (Lipinski definition) is 17. The molecule has 586 valence electrons. The summed E-state index contributed by atoms with van der Waals surface area (Å²) in [4.78, 5) is 115. The molecule has 0 spiro atoms. The number of aromatic nitrogens is 16. The van der Waals surface area contributed by atoms with Gasteiger partial charge in [-0.15, -0.1) is 0 Å². The lowest BCUT2D eigenvalue weighted by Gasteiger charge is -2.22. The molecule has 0 amide bonds. The lowest BCUT2D eigenvalue weighted by atomic mass is 9.89. The summed E-state index contributed by atoms with van der Waals surface area (Å²) in [6, 6.07) is 7.74. The van der Waals surface area contributed by atoms with Gasteiger partial charge in [0.25, 0.3) is 22.2 Å². The third kappa shape index (κ3) is 21.7. The molecule has 4 saturated carbocycles. The molecule has 15 rings (SSSR count). The molecule has 28 nitrogen and oxygen atoms in total. The molecule has 4 aliphatic carbocycles. The van der Waals surface area contributed by atoms with Crippen LogP contribution in [0.5, 0.6) is 0 Å². The average molecular weight is 1620 g/mol. The minimum atomic E-state index is -0.419. The first-order chi connectivity index (χ1) is 52.2. The van der Waals surface area contributed by atoms with Crippen LogP contribution in [0.3, 0.4) is 0 Å². The van der Waals surface area contributed by atoms with Gasteiger partial charge in [0.2, 0.25) is 0 Å². The van der Waals surface area contributed by atoms with Gasteiger partial charge in [0.15, 0.2) is 22.3 Å². The Kier molecular flexibility index (Phi) is 30.5. The zero-order valence-electron chi connectivity index (χ0n) is 64.0. The van der Waals surface area contributed by atoms with E-state index in [1.54, 1.807) is 51.6 Å². The second-order valence-corrected chi connectivity index (χ2v) is 31.4. The summed E-state index contributed by atoms with van der Waals surface area (Å²) < 4.78 is 30.0. The van der Waals surface area contributed by atoms with Gasteiger partial charge in [0, 0.05) is 128 Å². The smallest absolute Gasteiger partial charge is 0.332 e. The minimum absolute atomic E-state index is 0.167. The van der Waals surface area contributed by atoms with Crippen LogP contribution < -0.4 is 45.0 Å². The number of nitrogens with zero attached hydrogens (tertiary/aromatic N) is 15. The Morgan fingerprint density at radius 3 is 1.33 bits per heavy atom. The summed E-state index contributed by atoms with van der Waals surface area (Å²) in [6.45, 7) is 9.02. The van der Waals surface area contributed by atoms with E-state index in [-0.39, 0.29) is 33.6 Å². The van der Waals surface area contributed by atoms with Gasteiger partial charge in [0.05, 0.1) is 40.8 Å². The molecule has 30 heteroatoms. The van der Waals surface area contributed by atoms with E-state index < -0.39 is 11.4 Å². The Bertz CT molecular complexity index is 4920. The van der Waals surface area contributed by atoms with E-state index in [0.717, 1.165) is 116 Å². The van der Waals surface area contributed by atoms with Crippen LogP contribution in [0.2, 0.25) is 0 Å². The topological polar surface area (TPSA) is 329 Å². The summed E-state index contributed by atoms with van der Waals surface area (Å²) >= 11 is 6.89. The third-order valence-corrected chi connectivity index (χ3v) is 23.0. The summed E-state index contributed by atoms with van der Waals surface area (Å²) in [5.74, 6) is 5.98. The largest absolute Gasteiger partial charge is 0.361 e. The predicted octanol–water partition coefficient (Wildman–Crippen LogP) is 12.2. The van der Waals surface area contributed by atoms with E-state index in [1.165, 1.54) is 169 Å². The maximum absolute atomic E-state index is 13.2. The van der Waals surface area contributed by atoms with Crippen molar-refractivity contribution in [2.75, 3.05) is 10.7 Å². The molecule has 11 heterocycles. The standard InChI is InChI=1S/C22H30N4O3.C21H29N5O3.C13H18N4O2.C8H12BrNO.C7H13Br.C7H7N3O2/c1-16-14-18(29-23-16)10-6-7-12-26-21(27)20-19(24(2)22(26)28)11-13-25(20)15-17-8-4-3-5-9-17;1-15-12-17(29-23-15)10-6-7-11-26-20(27)18-19(24(2)21(26)28)22-14-25(18)13-16-8-4-3-5-9-16;1-16-11-10(12(18)15-13(16)19)17(8-14-11)7-9-5-3-2-4-6-9;1-7-6-8(11-10-7)4-2-3-5-9;8-6-7-4-2-1-3-5-7;1-10-5-4(2-3-8-5)6(11)9-7(10)12/h11,13-14,17H,3-10,12,15H2,1-2H3;12,14,16H,3-11,13H2,1-2H3;8-9H,2-7H2,1H3,(H,15,18,19);6H,2-5H2,1H3;7H,1-6H2;3H,2H2,1H3,(H,9,11,12). The first-order valence-corrected chi connectivity index (χ1v) is 41.3. The van der Waals surface area contributed by atoms with Crippen molar-refractivity contribution in [1.82, 2.24) is 76.5 Å². The van der Waals surface area contributed by atoms with Gasteiger partial charge in [0.1, 0.15) is 28.6 Å². The lowest BCUT2D eigenvalue weighted by Crippen LogP contribution is -2.39. The highest BCUT2D eigenvalue weighted by Gasteiger charge is 2.24. The van der Waals surface area contributed by atoms with Gasteiger partial charge >= 0.3 is 22.8 Å². The number of unbranched alkanes of at least 4 members (excludes halogenated alkanes) is 3. The number of alkyl halides is 2. The summed E-state index contributed by atoms with van der Waals surface area (Å²) in [6.07, 6.45) is 41.6. The Morgan fingerprint density at radius 2 is 0.880 bits per heavy atom. The molecule has 4 fully saturated rings. The zero-order valence-corrected chi connectivity index (χ0v) is 67.2. The highest BCUT2D eigenvalue weighted by molar-refractivity contribution is 9.09. The summed E-state index contributed by atoms with van der Waals surface area (Å²) in [5.41, 5.74) is 4.19. The van der Waals surface area contributed by atoms with Gasteiger partial charge in [-0.1, -0.05) is 124 Å². The highest BCUT2D eigenvalue weighted by atomic mass is 79.9. The van der Waals surface area contributed by atoms with Crippen molar-refractivity contribution < 1.29 is 13.6 Å². The number of H-pyrrole nitrogens is 2. The van der Waals surface area contributed by atoms with Crippen molar-refractivity contribution in [3.63, 3.8) is 0 Å². The van der Waals surface area contributed by atoms with Crippen molar-refractivity contribution in [3.05, 3.63) is 166 Å². The molecule has 0 saturated heterocycles. The van der Waals surface area contributed by atoms with Crippen molar-refractivity contribution in [3.8, 4) is 0 Å². The van der Waals surface area contributed by atoms with Crippen molar-refractivity contribution in [2.45, 2.75) is 246 Å². The SMILES string of the molecule is BrCC1CCCCC1.Cc1cc(CCCCBr)on1.Cc1cc(CCCCn2c(=O)c3c(ccn3CC3CCCCC3)n(C)c2=O)on1.Cc1cc(CCCCn2c(=O)c3c(ncn3CC3CCCCC3)n(C)c2=O)on1.Cn1c(=O)[nH]c(=O)c2c1ncn2CC1CCCCC1.Cn1c2c(c(=O)[nH]c1=O)CC=N2. The fraction of sp³-hybridized carbons (Fsp3) is 0.615. The van der Waals surface area contributed by atoms with Gasteiger partial charge < -0.3 is 27.3 Å². The molecule has 2 N–H and O–H groups in total. The van der Waals surface area contributed by atoms with Crippen LogP contribution in [0.1, 0.15) is 207 Å². The van der Waals surface area contributed by atoms with Crippen molar-refractivity contribution in [1.29, 1.82) is 0 Å². The van der Waals surface area contributed by atoms with Crippen LogP contribution in [0.25, 0.3) is 33.4 Å². The quantitative estimate of drug-likeness (QED) is 0.0498. The van der Waals surface area contributed by atoms with Crippen molar-refractivity contribution in [2.24, 2.45) is 56.9 Å². The van der Waals surface area contributed by atoms with E-state index in [1.807, 2.05) is 60.4 Å². The minimum Gasteiger partial charge on any atom is -0.361 e. The number of imidazole rings is 2. The molecule has 108 heavy (non-hydrogen) atoms. The number of rotatable bonds is 21. The monoisotopic (exact) mass is 1620 g/mol. The van der Waals surface area contributed by atoms with E-state index in [9.17, 15) is 38.4 Å². The molecule has 5 aliphatic rings. The lowest BCUT2D eigenvalue weighted by molar-refractivity contribution is 0.321. The Hall–Kier alpha value is -8.54. The predicted molar refractivity (Wildman–Crippen MR) is 427 cm³/mol. The Labute approximate surface area is 643 Å². The number of fused-ring (bicyclic) bond motifs is 4. The second kappa shape index (κ2) is 40.2. The number of halogens is 2. The van der Waals surface area contributed by atoms with E-state index in [4.69, 9.17) is 13.6 Å². The molecule has 10 aromatic heterocycles. The first kappa shape index (κ1) is 82.0. The number of aromatic amines is 2. The molecule has 0 bridgehead atoms. The normalized spacial score (nSPS) is 15.6. The Balaban J connectivity index is 0.000000146. The molecule has 0 aromatic carbocycles. The van der Waals surface area contributed by atoms with E-state index in [2.05, 4.69) is 76.8 Å². The van der Waals surface area contributed by atoms with Crippen LogP contribution in [0.15, 0.2) is 100 Å². The second-order valence-electron chi connectivity index (χ2n) is 29.9. The van der Waals surface area contributed by atoms with Gasteiger partial charge in [-0.25, -0.2) is 34.1 Å². The highest BCUT2D eigenvalue weighted by Crippen LogP contribution is 2.30. The molecular formula is C78H109Br2N17O11. The van der Waals surface area contributed by atoms with E-state index >= 15 is 0 Å². The van der Waals surface area contributed by atoms with Crippen LogP contribution in [-0.2, 0) is 86.6 Å². The molecule has 1 aliphatic heterocycles. The molecule has 0 unspecified atom stereocenters. The summed E-state index contributed by atoms with van der Waals surface area (Å²) in [5, 5.41) is 13.9. The molecule has 10 aromatic rings. The number of hydrogen-bond donors (Lipinski definition) is 2. The first-order valence-electron chi connectivity index (χ1n) is 39.0. The maximum Gasteiger partial charge on any atom is 0.332 e. The van der Waals surface area contributed by atoms with Crippen LogP contribution in [0, 0.1) is 44.4 Å². The molecular weight excluding hydrogens is 1510 g/mol. The number of nitrogens with one attached hydrogen (secondary N) is 2. The number of aryl methyl sites for hydroxylation is 9. The van der Waals surface area contributed by atoms with Gasteiger partial charge in [-0.2, -0.15) is 0 Å². The maximum atomic E-state index is 13.2. The third-order valence-electron chi connectivity index (χ3n) is 21.6. The van der Waals surface area contributed by atoms with Crippen molar-refractivity contribution >= 4 is 77.3 Å². The molecule has 0 radical (unpaired) electrons. The van der Waals surface area contributed by atoms with E-state index in [0.29, 0.717) is 76.5 Å². The zero-order chi connectivity index (χ0) is 76.8. The van der Waals surface area contributed by atoms with Gasteiger partial charge in [-0.05, 0) is 140 Å². The molecule has 0 atom stereocenters. The average Bonchev–Trinajstić information content (AvgIpc) is 1.51. The number of aliphatic imine (C=N–C) groups is 1. The summed E-state index contributed by atoms with van der Waals surface area (Å²) in [7, 11) is 6.65. The van der Waals surface area contributed by atoms with Gasteiger partial charge in [-0.3, -0.25) is 56.5 Å². The van der Waals surface area contributed by atoms with Crippen LogP contribution in [-0.4, -0.2) is 93.4 Å². The fourth-order valence-electron chi connectivity index (χ4n) is 15.4. The fourth-order valence-corrected chi connectivity index (χ4v) is 16.5. The Morgan fingerprint density at radius 1 is 0.463 bits per heavy atom. The van der Waals surface area contributed by atoms with Crippen LogP contribution in [0.4, 0.5) is 5.82 Å². The van der Waals surface area contributed by atoms with Crippen LogP contribution >= 0.6 is 31.9 Å².